The van der Waals surface area contributed by atoms with Crippen molar-refractivity contribution in [3.63, 3.8) is 0 Å². The van der Waals surface area contributed by atoms with E-state index in [9.17, 15) is 14.0 Å². The predicted molar refractivity (Wildman–Crippen MR) is 134 cm³/mol. The molecule has 4 rings (SSSR count). The van der Waals surface area contributed by atoms with Crippen molar-refractivity contribution in [1.82, 2.24) is 9.80 Å². The van der Waals surface area contributed by atoms with Gasteiger partial charge in [0.05, 0.1) is 20.3 Å². The summed E-state index contributed by atoms with van der Waals surface area (Å²) in [6.45, 7) is 4.16. The maximum Gasteiger partial charge on any atom is 0.262 e. The van der Waals surface area contributed by atoms with Crippen molar-refractivity contribution < 1.29 is 23.5 Å². The Morgan fingerprint density at radius 1 is 1.09 bits per heavy atom. The molecule has 8 heteroatoms. The summed E-state index contributed by atoms with van der Waals surface area (Å²) in [5, 5.41) is 2.02. The molecule has 1 aliphatic heterocycles. The molecule has 0 saturated heterocycles. The minimum absolute atomic E-state index is 0.102. The molecule has 1 aliphatic rings. The summed E-state index contributed by atoms with van der Waals surface area (Å²) in [6.07, 6.45) is 0.742. The summed E-state index contributed by atoms with van der Waals surface area (Å²) in [7, 11) is 2.99. The SMILES string of the molecule is COc1cccc(OC)c1C(=O)N(CC(=O)N1CCc2sccc2C1c1ccc(F)cc1)C(C)C. The Labute approximate surface area is 208 Å². The van der Waals surface area contributed by atoms with Crippen LogP contribution in [0.15, 0.2) is 53.9 Å². The molecule has 0 saturated carbocycles. The van der Waals surface area contributed by atoms with Gasteiger partial charge in [0, 0.05) is 17.5 Å². The minimum atomic E-state index is -0.339. The fraction of sp³-hybridized carbons (Fsp3) is 0.333. The van der Waals surface area contributed by atoms with Gasteiger partial charge >= 0.3 is 0 Å². The Morgan fingerprint density at radius 2 is 1.74 bits per heavy atom. The number of nitrogens with zero attached hydrogens (tertiary/aromatic N) is 2. The van der Waals surface area contributed by atoms with Gasteiger partial charge in [-0.15, -0.1) is 11.3 Å². The van der Waals surface area contributed by atoms with Crippen LogP contribution in [0.25, 0.3) is 0 Å². The summed E-state index contributed by atoms with van der Waals surface area (Å²) in [5.74, 6) is -0.0633. The van der Waals surface area contributed by atoms with E-state index in [0.29, 0.717) is 18.0 Å². The first-order valence-corrected chi connectivity index (χ1v) is 12.4. The molecule has 0 bridgehead atoms. The van der Waals surface area contributed by atoms with Gasteiger partial charge in [-0.25, -0.2) is 4.39 Å². The van der Waals surface area contributed by atoms with Crippen LogP contribution < -0.4 is 9.47 Å². The number of methoxy groups -OCH3 is 2. The maximum absolute atomic E-state index is 13.7. The number of hydrogen-bond acceptors (Lipinski definition) is 5. The third-order valence-corrected chi connectivity index (χ3v) is 7.30. The van der Waals surface area contributed by atoms with Crippen LogP contribution in [0, 0.1) is 5.82 Å². The highest BCUT2D eigenvalue weighted by atomic mass is 32.1. The lowest BCUT2D eigenvalue weighted by molar-refractivity contribution is -0.134. The number of benzene rings is 2. The van der Waals surface area contributed by atoms with Gasteiger partial charge in [-0.3, -0.25) is 9.59 Å². The fourth-order valence-electron chi connectivity index (χ4n) is 4.52. The second kappa shape index (κ2) is 10.5. The molecule has 0 fully saturated rings. The van der Waals surface area contributed by atoms with Crippen LogP contribution in [-0.2, 0) is 11.2 Å². The fourth-order valence-corrected chi connectivity index (χ4v) is 5.42. The summed E-state index contributed by atoms with van der Waals surface area (Å²) in [6, 6.07) is 12.9. The summed E-state index contributed by atoms with van der Waals surface area (Å²) < 4.78 is 24.5. The monoisotopic (exact) mass is 496 g/mol. The number of hydrogen-bond donors (Lipinski definition) is 0. The number of carbonyl (C=O) groups excluding carboxylic acids is 2. The van der Waals surface area contributed by atoms with Crippen molar-refractivity contribution in [2.75, 3.05) is 27.3 Å². The number of amides is 2. The van der Waals surface area contributed by atoms with Crippen LogP contribution in [0.2, 0.25) is 0 Å². The lowest BCUT2D eigenvalue weighted by Gasteiger charge is -2.38. The highest BCUT2D eigenvalue weighted by molar-refractivity contribution is 7.10. The highest BCUT2D eigenvalue weighted by Gasteiger charge is 2.35. The van der Waals surface area contributed by atoms with Gasteiger partial charge in [0.1, 0.15) is 29.4 Å². The topological polar surface area (TPSA) is 59.1 Å². The third-order valence-electron chi connectivity index (χ3n) is 6.30. The molecule has 2 heterocycles. The molecule has 0 aliphatic carbocycles. The Kier molecular flexibility index (Phi) is 7.40. The molecule has 1 aromatic heterocycles. The molecule has 1 unspecified atom stereocenters. The molecule has 2 amide bonds. The van der Waals surface area contributed by atoms with Crippen LogP contribution in [0.3, 0.4) is 0 Å². The lowest BCUT2D eigenvalue weighted by atomic mass is 9.93. The Hall–Kier alpha value is -3.39. The lowest BCUT2D eigenvalue weighted by Crippen LogP contribution is -2.48. The number of rotatable bonds is 7. The van der Waals surface area contributed by atoms with Crippen LogP contribution >= 0.6 is 11.3 Å². The maximum atomic E-state index is 13.7. The van der Waals surface area contributed by atoms with Gasteiger partial charge < -0.3 is 19.3 Å². The normalized spacial score (nSPS) is 15.0. The molecule has 0 radical (unpaired) electrons. The summed E-state index contributed by atoms with van der Waals surface area (Å²) >= 11 is 1.67. The van der Waals surface area contributed by atoms with Crippen molar-refractivity contribution in [2.24, 2.45) is 0 Å². The van der Waals surface area contributed by atoms with Crippen LogP contribution in [0.4, 0.5) is 4.39 Å². The van der Waals surface area contributed by atoms with E-state index in [1.807, 2.05) is 25.3 Å². The largest absolute Gasteiger partial charge is 0.496 e. The van der Waals surface area contributed by atoms with Crippen LogP contribution in [0.1, 0.15) is 46.3 Å². The van der Waals surface area contributed by atoms with Gasteiger partial charge in [-0.2, -0.15) is 0 Å². The smallest absolute Gasteiger partial charge is 0.262 e. The number of thiophene rings is 1. The van der Waals surface area contributed by atoms with E-state index in [1.165, 1.54) is 36.1 Å². The van der Waals surface area contributed by atoms with Crippen molar-refractivity contribution in [3.8, 4) is 11.5 Å². The predicted octanol–water partition coefficient (Wildman–Crippen LogP) is 4.93. The first kappa shape index (κ1) is 24.7. The molecule has 0 N–H and O–H groups in total. The van der Waals surface area contributed by atoms with Gasteiger partial charge in [-0.1, -0.05) is 18.2 Å². The number of ether oxygens (including phenoxy) is 2. The van der Waals surface area contributed by atoms with E-state index in [-0.39, 0.29) is 41.8 Å². The van der Waals surface area contributed by atoms with Crippen molar-refractivity contribution >= 4 is 23.2 Å². The first-order valence-electron chi connectivity index (χ1n) is 11.5. The van der Waals surface area contributed by atoms with Gasteiger partial charge in [0.2, 0.25) is 5.91 Å². The van der Waals surface area contributed by atoms with Crippen molar-refractivity contribution in [1.29, 1.82) is 0 Å². The quantitative estimate of drug-likeness (QED) is 0.466. The molecule has 184 valence electrons. The molecule has 0 spiro atoms. The van der Waals surface area contributed by atoms with Gasteiger partial charge in [-0.05, 0) is 67.1 Å². The second-order valence-electron chi connectivity index (χ2n) is 8.65. The Morgan fingerprint density at radius 3 is 2.34 bits per heavy atom. The molecule has 1 atom stereocenters. The number of carbonyl (C=O) groups is 2. The highest BCUT2D eigenvalue weighted by Crippen LogP contribution is 2.38. The van der Waals surface area contributed by atoms with E-state index in [4.69, 9.17) is 9.47 Å². The molecular formula is C27H29FN2O4S. The Bertz CT molecular complexity index is 1190. The molecule has 6 nitrogen and oxygen atoms in total. The molecular weight excluding hydrogens is 467 g/mol. The average molecular weight is 497 g/mol. The standard InChI is InChI=1S/C27H29FN2O4S/c1-17(2)30(27(32)25-21(33-3)6-5-7-22(25)34-4)16-24(31)29-14-12-23-20(13-15-35-23)26(29)18-8-10-19(28)11-9-18/h5-11,13,15,17,26H,12,14,16H2,1-4H3. The molecule has 3 aromatic rings. The van der Waals surface area contributed by atoms with Gasteiger partial charge in [0.15, 0.2) is 0 Å². The van der Waals surface area contributed by atoms with E-state index in [0.717, 1.165) is 17.5 Å². The Balaban J connectivity index is 1.66. The average Bonchev–Trinajstić information content (AvgIpc) is 3.35. The zero-order valence-corrected chi connectivity index (χ0v) is 21.1. The minimum Gasteiger partial charge on any atom is -0.496 e. The van der Waals surface area contributed by atoms with E-state index >= 15 is 0 Å². The molecule has 2 aromatic carbocycles. The number of halogens is 1. The third kappa shape index (κ3) is 4.89. The van der Waals surface area contributed by atoms with E-state index in [2.05, 4.69) is 0 Å². The second-order valence-corrected chi connectivity index (χ2v) is 9.66. The van der Waals surface area contributed by atoms with Crippen LogP contribution in [0.5, 0.6) is 11.5 Å². The van der Waals surface area contributed by atoms with Crippen molar-refractivity contribution in [2.45, 2.75) is 32.4 Å². The number of fused-ring (bicyclic) bond motifs is 1. The summed E-state index contributed by atoms with van der Waals surface area (Å²) in [4.78, 5) is 32.0. The zero-order valence-electron chi connectivity index (χ0n) is 20.3. The van der Waals surface area contributed by atoms with E-state index < -0.39 is 0 Å². The first-order chi connectivity index (χ1) is 16.8. The van der Waals surface area contributed by atoms with Gasteiger partial charge in [0.25, 0.3) is 5.91 Å². The van der Waals surface area contributed by atoms with Crippen LogP contribution in [-0.4, -0.2) is 55.0 Å². The van der Waals surface area contributed by atoms with Crippen molar-refractivity contribution in [3.05, 3.63) is 81.3 Å². The summed E-state index contributed by atoms with van der Waals surface area (Å²) in [5.41, 5.74) is 2.18. The van der Waals surface area contributed by atoms with E-state index in [1.54, 1.807) is 46.6 Å². The zero-order chi connectivity index (χ0) is 25.1. The molecule has 35 heavy (non-hydrogen) atoms.